The molecule has 0 unspecified atom stereocenters. The van der Waals surface area contributed by atoms with E-state index in [1.165, 1.54) is 17.8 Å². The zero-order valence-electron chi connectivity index (χ0n) is 16.1. The van der Waals surface area contributed by atoms with E-state index in [9.17, 15) is 14.0 Å². The molecule has 1 amide bonds. The lowest BCUT2D eigenvalue weighted by atomic mass is 9.84. The number of fused-ring (bicyclic) bond motifs is 1. The summed E-state index contributed by atoms with van der Waals surface area (Å²) in [6, 6.07) is 12.5. The van der Waals surface area contributed by atoms with Crippen LogP contribution in [0, 0.1) is 19.7 Å². The first-order chi connectivity index (χ1) is 13.9. The maximum absolute atomic E-state index is 13.8. The lowest BCUT2D eigenvalue weighted by Crippen LogP contribution is -2.31. The van der Waals surface area contributed by atoms with Gasteiger partial charge in [-0.1, -0.05) is 53.7 Å². The van der Waals surface area contributed by atoms with Crippen molar-refractivity contribution in [3.8, 4) is 0 Å². The molecule has 0 saturated heterocycles. The number of H-pyrrole nitrogens is 1. The second-order valence-electron chi connectivity index (χ2n) is 7.18. The van der Waals surface area contributed by atoms with Gasteiger partial charge in [-0.25, -0.2) is 9.37 Å². The van der Waals surface area contributed by atoms with Crippen molar-refractivity contribution in [3.05, 3.63) is 86.5 Å². The van der Waals surface area contributed by atoms with Gasteiger partial charge in [0.15, 0.2) is 5.16 Å². The van der Waals surface area contributed by atoms with E-state index < -0.39 is 0 Å². The predicted molar refractivity (Wildman–Crippen MR) is 112 cm³/mol. The summed E-state index contributed by atoms with van der Waals surface area (Å²) in [5.74, 6) is -0.218. The first-order valence-corrected chi connectivity index (χ1v) is 10.3. The minimum absolute atomic E-state index is 0.175. The topological polar surface area (TPSA) is 74.8 Å². The molecule has 0 fully saturated rings. The molecule has 1 aliphatic heterocycles. The van der Waals surface area contributed by atoms with Crippen molar-refractivity contribution in [2.45, 2.75) is 37.1 Å². The molecule has 2 N–H and O–H groups in total. The molecule has 0 saturated carbocycles. The van der Waals surface area contributed by atoms with Gasteiger partial charge in [0.25, 0.3) is 5.56 Å². The van der Waals surface area contributed by atoms with Crippen LogP contribution >= 0.6 is 11.8 Å². The van der Waals surface area contributed by atoms with E-state index in [2.05, 4.69) is 15.3 Å². The Balaban J connectivity index is 1.69. The Morgan fingerprint density at radius 1 is 1.17 bits per heavy atom. The minimum atomic E-state index is -0.346. The van der Waals surface area contributed by atoms with Gasteiger partial charge in [-0.05, 0) is 36.6 Å². The van der Waals surface area contributed by atoms with Crippen LogP contribution in [-0.2, 0) is 10.5 Å². The number of thioether (sulfide) groups is 1. The van der Waals surface area contributed by atoms with Crippen molar-refractivity contribution >= 4 is 23.5 Å². The maximum atomic E-state index is 13.8. The van der Waals surface area contributed by atoms with Crippen LogP contribution in [0.3, 0.4) is 0 Å². The molecule has 0 aliphatic carbocycles. The third kappa shape index (κ3) is 3.96. The van der Waals surface area contributed by atoms with Crippen molar-refractivity contribution < 1.29 is 9.18 Å². The highest BCUT2D eigenvalue weighted by Crippen LogP contribution is 2.36. The van der Waals surface area contributed by atoms with E-state index in [0.29, 0.717) is 22.0 Å². The monoisotopic (exact) mass is 409 g/mol. The summed E-state index contributed by atoms with van der Waals surface area (Å²) < 4.78 is 13.8. The smallest absolute Gasteiger partial charge is 0.257 e. The Labute approximate surface area is 171 Å². The van der Waals surface area contributed by atoms with Crippen LogP contribution in [0.25, 0.3) is 0 Å². The van der Waals surface area contributed by atoms with Gasteiger partial charge in [0.1, 0.15) is 11.6 Å². The summed E-state index contributed by atoms with van der Waals surface area (Å²) in [6.45, 7) is 3.99. The van der Waals surface area contributed by atoms with Gasteiger partial charge in [0.2, 0.25) is 5.91 Å². The average molecular weight is 409 g/mol. The Morgan fingerprint density at radius 2 is 1.97 bits per heavy atom. The number of aromatic amines is 1. The fourth-order valence-electron chi connectivity index (χ4n) is 3.66. The van der Waals surface area contributed by atoms with Crippen molar-refractivity contribution in [2.24, 2.45) is 0 Å². The number of rotatable bonds is 4. The molecule has 5 nitrogen and oxygen atoms in total. The first kappa shape index (κ1) is 19.4. The van der Waals surface area contributed by atoms with Crippen LogP contribution in [-0.4, -0.2) is 15.9 Å². The Morgan fingerprint density at radius 3 is 2.72 bits per heavy atom. The van der Waals surface area contributed by atoms with E-state index in [-0.39, 0.29) is 35.4 Å². The lowest BCUT2D eigenvalue weighted by Gasteiger charge is -2.25. The van der Waals surface area contributed by atoms with Gasteiger partial charge in [-0.2, -0.15) is 0 Å². The predicted octanol–water partition coefficient (Wildman–Crippen LogP) is 4.29. The van der Waals surface area contributed by atoms with Crippen LogP contribution in [0.2, 0.25) is 0 Å². The molecule has 0 spiro atoms. The summed E-state index contributed by atoms with van der Waals surface area (Å²) in [6.07, 6.45) is 0.198. The molecule has 7 heteroatoms. The largest absolute Gasteiger partial charge is 0.310 e. The van der Waals surface area contributed by atoms with Crippen LogP contribution in [0.4, 0.5) is 10.2 Å². The number of nitrogens with zero attached hydrogens (tertiary/aromatic N) is 1. The molecule has 1 aromatic heterocycles. The van der Waals surface area contributed by atoms with Gasteiger partial charge in [-0.15, -0.1) is 0 Å². The normalized spacial score (nSPS) is 15.7. The van der Waals surface area contributed by atoms with Crippen molar-refractivity contribution in [1.29, 1.82) is 0 Å². The number of hydrogen-bond acceptors (Lipinski definition) is 4. The fraction of sp³-hybridized carbons (Fsp3) is 0.227. The molecule has 1 aliphatic rings. The standard InChI is InChI=1S/C22H20FN3O2S/c1-12-7-8-15(13(2)9-12)16-10-18(27)24-20-19(16)21(28)26-22(25-20)29-11-14-5-3-4-6-17(14)23/h3-9,16H,10-11H2,1-2H3,(H2,24,25,26,27,28)/t16-/m0/s1. The molecule has 3 aromatic rings. The molecule has 0 bridgehead atoms. The Bertz CT molecular complexity index is 1160. The van der Waals surface area contributed by atoms with Crippen molar-refractivity contribution in [2.75, 3.05) is 5.32 Å². The van der Waals surface area contributed by atoms with E-state index in [0.717, 1.165) is 16.7 Å². The van der Waals surface area contributed by atoms with E-state index >= 15 is 0 Å². The molecular weight excluding hydrogens is 389 g/mol. The second-order valence-corrected chi connectivity index (χ2v) is 8.14. The summed E-state index contributed by atoms with van der Waals surface area (Å²) in [5, 5.41) is 3.07. The number of nitrogens with one attached hydrogen (secondary N) is 2. The zero-order chi connectivity index (χ0) is 20.5. The van der Waals surface area contributed by atoms with Gasteiger partial charge < -0.3 is 10.3 Å². The number of aromatic nitrogens is 2. The Hall–Kier alpha value is -2.93. The molecular formula is C22H20FN3O2S. The van der Waals surface area contributed by atoms with E-state index in [1.807, 2.05) is 32.0 Å². The zero-order valence-corrected chi connectivity index (χ0v) is 16.9. The number of amides is 1. The second kappa shape index (κ2) is 7.83. The highest BCUT2D eigenvalue weighted by molar-refractivity contribution is 7.98. The molecule has 4 rings (SSSR count). The van der Waals surface area contributed by atoms with Gasteiger partial charge >= 0.3 is 0 Å². The molecule has 0 radical (unpaired) electrons. The molecule has 2 heterocycles. The minimum Gasteiger partial charge on any atom is -0.310 e. The quantitative estimate of drug-likeness (QED) is 0.498. The van der Waals surface area contributed by atoms with Crippen LogP contribution in [0.15, 0.2) is 52.4 Å². The molecule has 2 aromatic carbocycles. The summed E-state index contributed by atoms with van der Waals surface area (Å²) in [7, 11) is 0. The van der Waals surface area contributed by atoms with Crippen LogP contribution in [0.1, 0.15) is 40.2 Å². The molecule has 1 atom stereocenters. The SMILES string of the molecule is Cc1ccc([C@@H]2CC(=O)Nc3nc(SCc4ccccc4F)[nH]c(=O)c32)c(C)c1. The molecule has 148 valence electrons. The van der Waals surface area contributed by atoms with E-state index in [1.54, 1.807) is 18.2 Å². The fourth-order valence-corrected chi connectivity index (χ4v) is 4.51. The maximum Gasteiger partial charge on any atom is 0.257 e. The summed E-state index contributed by atoms with van der Waals surface area (Å²) in [5.41, 5.74) is 3.82. The van der Waals surface area contributed by atoms with Crippen molar-refractivity contribution in [3.63, 3.8) is 0 Å². The first-order valence-electron chi connectivity index (χ1n) is 9.30. The third-order valence-corrected chi connectivity index (χ3v) is 5.97. The molecule has 29 heavy (non-hydrogen) atoms. The number of benzene rings is 2. The summed E-state index contributed by atoms with van der Waals surface area (Å²) >= 11 is 1.22. The number of anilines is 1. The number of carbonyl (C=O) groups is 1. The van der Waals surface area contributed by atoms with Gasteiger partial charge in [0.05, 0.1) is 5.56 Å². The van der Waals surface area contributed by atoms with Crippen molar-refractivity contribution in [1.82, 2.24) is 9.97 Å². The van der Waals surface area contributed by atoms with E-state index in [4.69, 9.17) is 0 Å². The summed E-state index contributed by atoms with van der Waals surface area (Å²) in [4.78, 5) is 32.5. The highest BCUT2D eigenvalue weighted by Gasteiger charge is 2.31. The lowest BCUT2D eigenvalue weighted by molar-refractivity contribution is -0.116. The number of aryl methyl sites for hydroxylation is 2. The van der Waals surface area contributed by atoms with Crippen LogP contribution < -0.4 is 10.9 Å². The Kier molecular flexibility index (Phi) is 5.24. The number of carbonyl (C=O) groups excluding carboxylic acids is 1. The van der Waals surface area contributed by atoms with Gasteiger partial charge in [0, 0.05) is 18.1 Å². The highest BCUT2D eigenvalue weighted by atomic mass is 32.2. The van der Waals surface area contributed by atoms with Crippen LogP contribution in [0.5, 0.6) is 0 Å². The number of hydrogen-bond donors (Lipinski definition) is 2. The third-order valence-electron chi connectivity index (χ3n) is 5.05. The average Bonchev–Trinajstić information content (AvgIpc) is 2.66. The number of halogens is 1. The van der Waals surface area contributed by atoms with Gasteiger partial charge in [-0.3, -0.25) is 9.59 Å².